The Morgan fingerprint density at radius 3 is 2.87 bits per heavy atom. The Balaban J connectivity index is 2.38. The summed E-state index contributed by atoms with van der Waals surface area (Å²) in [4.78, 5) is 13.4. The Labute approximate surface area is 90.9 Å². The van der Waals surface area contributed by atoms with Gasteiger partial charge in [-0.1, -0.05) is 11.6 Å². The van der Waals surface area contributed by atoms with E-state index >= 15 is 0 Å². The fourth-order valence-corrected chi connectivity index (χ4v) is 2.32. The second kappa shape index (κ2) is 4.05. The third-order valence-corrected chi connectivity index (χ3v) is 3.17. The molecule has 1 aliphatic rings. The molecule has 0 amide bonds. The zero-order valence-corrected chi connectivity index (χ0v) is 9.36. The van der Waals surface area contributed by atoms with E-state index in [4.69, 9.17) is 0 Å². The first-order valence-corrected chi connectivity index (χ1v) is 5.55. The molecule has 0 saturated carbocycles. The molecule has 1 atom stereocenters. The van der Waals surface area contributed by atoms with Crippen molar-refractivity contribution in [2.75, 3.05) is 11.4 Å². The molecule has 2 heteroatoms. The topological polar surface area (TPSA) is 20.3 Å². The molecule has 1 saturated heterocycles. The highest BCUT2D eigenvalue weighted by Gasteiger charge is 2.22. The second-order valence-corrected chi connectivity index (χ2v) is 4.36. The van der Waals surface area contributed by atoms with Gasteiger partial charge in [0.25, 0.3) is 0 Å². The summed E-state index contributed by atoms with van der Waals surface area (Å²) in [7, 11) is 0. The van der Waals surface area contributed by atoms with Crippen LogP contribution in [0.4, 0.5) is 5.69 Å². The van der Waals surface area contributed by atoms with Crippen LogP contribution in [-0.2, 0) is 0 Å². The number of aryl methyl sites for hydroxylation is 1. The number of carbonyl (C=O) groups is 1. The van der Waals surface area contributed by atoms with Crippen LogP contribution in [0, 0.1) is 6.92 Å². The normalized spacial score (nSPS) is 20.7. The van der Waals surface area contributed by atoms with Gasteiger partial charge in [0.05, 0.1) is 0 Å². The van der Waals surface area contributed by atoms with E-state index in [0.717, 1.165) is 29.6 Å². The molecule has 0 bridgehead atoms. The van der Waals surface area contributed by atoms with Crippen LogP contribution in [0.15, 0.2) is 18.2 Å². The summed E-state index contributed by atoms with van der Waals surface area (Å²) in [6, 6.07) is 6.67. The van der Waals surface area contributed by atoms with E-state index in [1.807, 2.05) is 13.0 Å². The molecule has 1 aromatic rings. The third kappa shape index (κ3) is 1.89. The third-order valence-electron chi connectivity index (χ3n) is 3.17. The van der Waals surface area contributed by atoms with Crippen molar-refractivity contribution in [3.05, 3.63) is 29.3 Å². The summed E-state index contributed by atoms with van der Waals surface area (Å²) in [6.45, 7) is 5.32. The number of hydrogen-bond donors (Lipinski definition) is 0. The van der Waals surface area contributed by atoms with Crippen molar-refractivity contribution in [1.82, 2.24) is 0 Å². The van der Waals surface area contributed by atoms with Gasteiger partial charge in [0.2, 0.25) is 0 Å². The highest BCUT2D eigenvalue weighted by molar-refractivity contribution is 5.85. The van der Waals surface area contributed by atoms with E-state index in [0.29, 0.717) is 6.04 Å². The second-order valence-electron chi connectivity index (χ2n) is 4.36. The van der Waals surface area contributed by atoms with Gasteiger partial charge < -0.3 is 4.90 Å². The van der Waals surface area contributed by atoms with E-state index in [2.05, 4.69) is 24.0 Å². The predicted molar refractivity (Wildman–Crippen MR) is 62.6 cm³/mol. The summed E-state index contributed by atoms with van der Waals surface area (Å²) >= 11 is 0. The summed E-state index contributed by atoms with van der Waals surface area (Å²) in [6.07, 6.45) is 3.42. The predicted octanol–water partition coefficient (Wildman–Crippen LogP) is 2.80. The van der Waals surface area contributed by atoms with Crippen LogP contribution >= 0.6 is 0 Å². The zero-order chi connectivity index (χ0) is 10.8. The van der Waals surface area contributed by atoms with Crippen LogP contribution in [0.3, 0.4) is 0 Å². The minimum absolute atomic E-state index is 0.561. The highest BCUT2D eigenvalue weighted by atomic mass is 16.1. The number of nitrogens with zero attached hydrogens (tertiary/aromatic N) is 1. The van der Waals surface area contributed by atoms with Crippen LogP contribution < -0.4 is 4.90 Å². The molecule has 2 rings (SSSR count). The lowest BCUT2D eigenvalue weighted by molar-refractivity contribution is 0.112. The molecule has 1 aromatic carbocycles. The maximum Gasteiger partial charge on any atom is 0.152 e. The van der Waals surface area contributed by atoms with Gasteiger partial charge in [-0.05, 0) is 38.8 Å². The molecule has 1 unspecified atom stereocenters. The Morgan fingerprint density at radius 2 is 2.27 bits per heavy atom. The van der Waals surface area contributed by atoms with Crippen LogP contribution in [0.1, 0.15) is 35.7 Å². The number of anilines is 1. The monoisotopic (exact) mass is 203 g/mol. The first-order chi connectivity index (χ1) is 7.22. The fraction of sp³-hybridized carbons (Fsp3) is 0.462. The Morgan fingerprint density at radius 1 is 1.47 bits per heavy atom. The lowest BCUT2D eigenvalue weighted by atomic mass is 10.1. The fourth-order valence-electron chi connectivity index (χ4n) is 2.32. The molecule has 15 heavy (non-hydrogen) atoms. The molecule has 1 aliphatic heterocycles. The summed E-state index contributed by atoms with van der Waals surface area (Å²) < 4.78 is 0. The number of hydrogen-bond acceptors (Lipinski definition) is 2. The first kappa shape index (κ1) is 10.2. The summed E-state index contributed by atoms with van der Waals surface area (Å²) in [5.74, 6) is 0. The molecule has 0 spiro atoms. The van der Waals surface area contributed by atoms with E-state index in [9.17, 15) is 4.79 Å². The minimum atomic E-state index is 0.561. The standard InChI is InChI=1S/C13H17NO/c1-10-5-6-13(12(8-10)9-15)14-7-3-4-11(14)2/h5-6,8-9,11H,3-4,7H2,1-2H3. The lowest BCUT2D eigenvalue weighted by Gasteiger charge is -2.25. The molecule has 0 N–H and O–H groups in total. The van der Waals surface area contributed by atoms with E-state index in [1.54, 1.807) is 0 Å². The maximum atomic E-state index is 11.0. The van der Waals surface area contributed by atoms with Gasteiger partial charge in [0.15, 0.2) is 6.29 Å². The van der Waals surface area contributed by atoms with Gasteiger partial charge in [-0.15, -0.1) is 0 Å². The van der Waals surface area contributed by atoms with Crippen molar-refractivity contribution in [3.8, 4) is 0 Å². The summed E-state index contributed by atoms with van der Waals surface area (Å²) in [5, 5.41) is 0. The van der Waals surface area contributed by atoms with Gasteiger partial charge >= 0.3 is 0 Å². The highest BCUT2D eigenvalue weighted by Crippen LogP contribution is 2.28. The number of carbonyl (C=O) groups excluding carboxylic acids is 1. The lowest BCUT2D eigenvalue weighted by Crippen LogP contribution is -2.27. The Bertz CT molecular complexity index is 373. The van der Waals surface area contributed by atoms with Crippen LogP contribution in [-0.4, -0.2) is 18.9 Å². The van der Waals surface area contributed by atoms with Crippen molar-refractivity contribution in [3.63, 3.8) is 0 Å². The quantitative estimate of drug-likeness (QED) is 0.689. The van der Waals surface area contributed by atoms with Crippen LogP contribution in [0.5, 0.6) is 0 Å². The van der Waals surface area contributed by atoms with Crippen molar-refractivity contribution in [1.29, 1.82) is 0 Å². The van der Waals surface area contributed by atoms with Gasteiger partial charge in [-0.3, -0.25) is 4.79 Å². The molecule has 2 nitrogen and oxygen atoms in total. The average molecular weight is 203 g/mol. The molecule has 0 aromatic heterocycles. The molecule has 80 valence electrons. The molecule has 0 aliphatic carbocycles. The molecule has 1 heterocycles. The SMILES string of the molecule is Cc1ccc(N2CCCC2C)c(C=O)c1. The van der Waals surface area contributed by atoms with E-state index in [-0.39, 0.29) is 0 Å². The van der Waals surface area contributed by atoms with Crippen molar-refractivity contribution in [2.45, 2.75) is 32.7 Å². The number of aldehydes is 1. The maximum absolute atomic E-state index is 11.0. The Hall–Kier alpha value is -1.31. The molecular formula is C13H17NO. The smallest absolute Gasteiger partial charge is 0.152 e. The van der Waals surface area contributed by atoms with Crippen molar-refractivity contribution < 1.29 is 4.79 Å². The van der Waals surface area contributed by atoms with Gasteiger partial charge in [0.1, 0.15) is 0 Å². The van der Waals surface area contributed by atoms with Crippen LogP contribution in [0.25, 0.3) is 0 Å². The van der Waals surface area contributed by atoms with E-state index < -0.39 is 0 Å². The summed E-state index contributed by atoms with van der Waals surface area (Å²) in [5.41, 5.74) is 3.07. The van der Waals surface area contributed by atoms with Gasteiger partial charge in [0, 0.05) is 23.8 Å². The molecule has 1 fully saturated rings. The van der Waals surface area contributed by atoms with Crippen molar-refractivity contribution in [2.24, 2.45) is 0 Å². The average Bonchev–Trinajstić information content (AvgIpc) is 2.64. The number of benzene rings is 1. The van der Waals surface area contributed by atoms with Crippen molar-refractivity contribution >= 4 is 12.0 Å². The van der Waals surface area contributed by atoms with E-state index in [1.165, 1.54) is 12.8 Å². The largest absolute Gasteiger partial charge is 0.368 e. The first-order valence-electron chi connectivity index (χ1n) is 5.55. The Kier molecular flexibility index (Phi) is 2.76. The zero-order valence-electron chi connectivity index (χ0n) is 9.36. The molecular weight excluding hydrogens is 186 g/mol. The van der Waals surface area contributed by atoms with Crippen LogP contribution in [0.2, 0.25) is 0 Å². The van der Waals surface area contributed by atoms with Gasteiger partial charge in [-0.2, -0.15) is 0 Å². The minimum Gasteiger partial charge on any atom is -0.368 e. The molecule has 0 radical (unpaired) electrons. The van der Waals surface area contributed by atoms with Gasteiger partial charge in [-0.25, -0.2) is 0 Å². The number of rotatable bonds is 2.